The number of carbonyl (C=O) groups is 1. The van der Waals surface area contributed by atoms with Crippen molar-refractivity contribution in [3.05, 3.63) is 59.2 Å². The molecule has 2 aliphatic rings. The summed E-state index contributed by atoms with van der Waals surface area (Å²) in [6, 6.07) is 11.0. The van der Waals surface area contributed by atoms with Crippen molar-refractivity contribution >= 4 is 48.8 Å². The molecule has 4 rings (SSSR count). The standard InChI is InChI=1S/C25H29N3O6S2/c1-5-15(2)12-13-25(3)18-9-7-6-8-17(18)22(29)21(23(25)30)24-26-19-11-10-16(27-35(4,31)32)14-20(19)36(33,34)28-24/h6-11,14-15,27,29H,5,12-13H2,1-4H3,(H,26,28)/t15-,25?/m0/s1. The van der Waals surface area contributed by atoms with Crippen LogP contribution in [0.25, 0.3) is 5.76 Å². The number of ketones is 1. The molecule has 2 aromatic rings. The van der Waals surface area contributed by atoms with Crippen molar-refractivity contribution in [3.63, 3.8) is 0 Å². The van der Waals surface area contributed by atoms with Crippen molar-refractivity contribution in [2.24, 2.45) is 10.3 Å². The van der Waals surface area contributed by atoms with Crippen LogP contribution in [0.15, 0.2) is 57.3 Å². The second-order valence-corrected chi connectivity index (χ2v) is 12.9. The van der Waals surface area contributed by atoms with E-state index in [0.717, 1.165) is 25.2 Å². The molecule has 1 aliphatic carbocycles. The lowest BCUT2D eigenvalue weighted by atomic mass is 9.66. The summed E-state index contributed by atoms with van der Waals surface area (Å²) in [5.41, 5.74) is 0.150. The lowest BCUT2D eigenvalue weighted by Gasteiger charge is -2.36. The van der Waals surface area contributed by atoms with E-state index in [4.69, 9.17) is 0 Å². The van der Waals surface area contributed by atoms with Gasteiger partial charge >= 0.3 is 0 Å². The van der Waals surface area contributed by atoms with Crippen LogP contribution in [0, 0.1) is 5.92 Å². The number of sulfonamides is 2. The van der Waals surface area contributed by atoms with E-state index in [-0.39, 0.29) is 33.4 Å². The first-order valence-corrected chi connectivity index (χ1v) is 14.9. The Morgan fingerprint density at radius 1 is 1.19 bits per heavy atom. The van der Waals surface area contributed by atoms with Gasteiger partial charge in [0.2, 0.25) is 10.0 Å². The van der Waals surface area contributed by atoms with Gasteiger partial charge in [0.15, 0.2) is 11.6 Å². The van der Waals surface area contributed by atoms with Crippen molar-refractivity contribution in [3.8, 4) is 0 Å². The average molecular weight is 532 g/mol. The molecule has 192 valence electrons. The molecule has 0 radical (unpaired) electrons. The van der Waals surface area contributed by atoms with E-state index in [0.29, 0.717) is 23.5 Å². The topological polar surface area (TPSA) is 142 Å². The number of benzene rings is 2. The molecule has 2 atom stereocenters. The van der Waals surface area contributed by atoms with Crippen molar-refractivity contribution in [1.29, 1.82) is 0 Å². The van der Waals surface area contributed by atoms with E-state index < -0.39 is 31.2 Å². The minimum absolute atomic E-state index is 0.0580. The second kappa shape index (κ2) is 9.04. The average Bonchev–Trinajstić information content (AvgIpc) is 2.80. The minimum atomic E-state index is -4.32. The first-order chi connectivity index (χ1) is 16.8. The summed E-state index contributed by atoms with van der Waals surface area (Å²) in [6.45, 7) is 6.01. The molecule has 0 amide bonds. The molecule has 0 fully saturated rings. The molecule has 9 nitrogen and oxygen atoms in total. The van der Waals surface area contributed by atoms with Crippen LogP contribution in [0.1, 0.15) is 51.2 Å². The van der Waals surface area contributed by atoms with Gasteiger partial charge in [0, 0.05) is 11.3 Å². The van der Waals surface area contributed by atoms with Crippen LogP contribution >= 0.6 is 0 Å². The van der Waals surface area contributed by atoms with E-state index in [2.05, 4.69) is 28.3 Å². The molecule has 0 saturated heterocycles. The fourth-order valence-corrected chi connectivity index (χ4v) is 6.27. The van der Waals surface area contributed by atoms with Crippen molar-refractivity contribution in [2.45, 2.75) is 50.3 Å². The predicted octanol–water partition coefficient (Wildman–Crippen LogP) is 4.21. The highest BCUT2D eigenvalue weighted by atomic mass is 32.2. The predicted molar refractivity (Wildman–Crippen MR) is 140 cm³/mol. The molecule has 36 heavy (non-hydrogen) atoms. The highest BCUT2D eigenvalue weighted by Crippen LogP contribution is 2.44. The quantitative estimate of drug-likeness (QED) is 0.486. The maximum Gasteiger partial charge on any atom is 0.286 e. The van der Waals surface area contributed by atoms with Crippen molar-refractivity contribution in [1.82, 2.24) is 0 Å². The summed E-state index contributed by atoms with van der Waals surface area (Å²) >= 11 is 0. The molecule has 0 saturated carbocycles. The normalized spacial score (nSPS) is 21.7. The van der Waals surface area contributed by atoms with E-state index in [1.165, 1.54) is 12.1 Å². The minimum Gasteiger partial charge on any atom is -0.506 e. The van der Waals surface area contributed by atoms with Crippen LogP contribution in [0.3, 0.4) is 0 Å². The summed E-state index contributed by atoms with van der Waals surface area (Å²) < 4.78 is 55.4. The Morgan fingerprint density at radius 2 is 1.89 bits per heavy atom. The van der Waals surface area contributed by atoms with Crippen LogP contribution in [-0.2, 0) is 30.3 Å². The van der Waals surface area contributed by atoms with Gasteiger partial charge in [-0.05, 0) is 49.4 Å². The van der Waals surface area contributed by atoms with Crippen LogP contribution in [0.4, 0.5) is 11.4 Å². The largest absolute Gasteiger partial charge is 0.506 e. The summed E-state index contributed by atoms with van der Waals surface area (Å²) in [4.78, 5) is 13.7. The van der Waals surface area contributed by atoms with Crippen molar-refractivity contribution < 1.29 is 26.7 Å². The van der Waals surface area contributed by atoms with Gasteiger partial charge in [0.25, 0.3) is 10.0 Å². The zero-order valence-corrected chi connectivity index (χ0v) is 22.1. The van der Waals surface area contributed by atoms with E-state index >= 15 is 0 Å². The zero-order chi connectivity index (χ0) is 26.5. The van der Waals surface area contributed by atoms with Gasteiger partial charge in [-0.1, -0.05) is 44.5 Å². The van der Waals surface area contributed by atoms with E-state index in [1.54, 1.807) is 12.1 Å². The SMILES string of the molecule is CC[C@H](C)CCC1(C)C(=O)C(C2=NS(=O)(=O)c3cc(NS(C)(=O)=O)ccc3N2)=C(O)c2ccccc21. The van der Waals surface area contributed by atoms with Gasteiger partial charge in [-0.2, -0.15) is 8.42 Å². The number of Topliss-reactive ketones (excluding diaryl/α,β-unsaturated/α-hetero) is 1. The molecule has 0 bridgehead atoms. The third kappa shape index (κ3) is 4.64. The Balaban J connectivity index is 1.82. The van der Waals surface area contributed by atoms with Crippen molar-refractivity contribution in [2.75, 3.05) is 16.3 Å². The second-order valence-electron chi connectivity index (χ2n) is 9.61. The summed E-state index contributed by atoms with van der Waals surface area (Å²) in [5, 5.41) is 14.0. The van der Waals surface area contributed by atoms with Gasteiger partial charge in [0.1, 0.15) is 16.2 Å². The fraction of sp³-hybridized carbons (Fsp3) is 0.360. The molecule has 2 aromatic carbocycles. The summed E-state index contributed by atoms with van der Waals surface area (Å²) in [7, 11) is -7.94. The molecule has 1 unspecified atom stereocenters. The van der Waals surface area contributed by atoms with Crippen LogP contribution in [0.5, 0.6) is 0 Å². The number of hydrogen-bond donors (Lipinski definition) is 3. The number of hydrogen-bond acceptors (Lipinski definition) is 7. The number of anilines is 2. The lowest BCUT2D eigenvalue weighted by Crippen LogP contribution is -2.42. The summed E-state index contributed by atoms with van der Waals surface area (Å²) in [6.07, 6.45) is 3.21. The molecular weight excluding hydrogens is 502 g/mol. The number of nitrogens with one attached hydrogen (secondary N) is 2. The third-order valence-corrected chi connectivity index (χ3v) is 8.76. The van der Waals surface area contributed by atoms with Crippen LogP contribution in [-0.4, -0.2) is 39.8 Å². The number of amidine groups is 1. The Hall–Kier alpha value is -3.18. The molecule has 0 aromatic heterocycles. The molecule has 1 heterocycles. The number of fused-ring (bicyclic) bond motifs is 2. The lowest BCUT2D eigenvalue weighted by molar-refractivity contribution is -0.120. The maximum absolute atomic E-state index is 13.9. The Morgan fingerprint density at radius 3 is 2.56 bits per heavy atom. The Kier molecular flexibility index (Phi) is 6.50. The number of rotatable bonds is 7. The van der Waals surface area contributed by atoms with Crippen LogP contribution in [0.2, 0.25) is 0 Å². The van der Waals surface area contributed by atoms with Gasteiger partial charge in [-0.3, -0.25) is 9.52 Å². The first-order valence-electron chi connectivity index (χ1n) is 11.6. The van der Waals surface area contributed by atoms with E-state index in [9.17, 15) is 26.7 Å². The molecule has 0 spiro atoms. The number of nitrogens with zero attached hydrogens (tertiary/aromatic N) is 1. The van der Waals surface area contributed by atoms with E-state index in [1.807, 2.05) is 19.1 Å². The number of aliphatic hydroxyl groups excluding tert-OH is 1. The zero-order valence-electron chi connectivity index (χ0n) is 20.5. The highest BCUT2D eigenvalue weighted by molar-refractivity contribution is 7.92. The first kappa shape index (κ1) is 25.9. The molecule has 1 aliphatic heterocycles. The molecule has 11 heteroatoms. The molecular formula is C25H29N3O6S2. The fourth-order valence-electron chi connectivity index (χ4n) is 4.56. The van der Waals surface area contributed by atoms with Gasteiger partial charge in [0.05, 0.1) is 17.4 Å². The Labute approximate surface area is 211 Å². The van der Waals surface area contributed by atoms with Crippen LogP contribution < -0.4 is 10.0 Å². The molecule has 3 N–H and O–H groups in total. The Bertz CT molecular complexity index is 1530. The smallest absolute Gasteiger partial charge is 0.286 e. The summed E-state index contributed by atoms with van der Waals surface area (Å²) in [5.74, 6) is -0.630. The van der Waals surface area contributed by atoms with Gasteiger partial charge in [-0.15, -0.1) is 4.40 Å². The maximum atomic E-state index is 13.9. The highest BCUT2D eigenvalue weighted by Gasteiger charge is 2.46. The third-order valence-electron chi connectivity index (χ3n) is 6.84. The number of carbonyl (C=O) groups excluding carboxylic acids is 1. The monoisotopic (exact) mass is 531 g/mol. The van der Waals surface area contributed by atoms with Gasteiger partial charge in [-0.25, -0.2) is 8.42 Å². The van der Waals surface area contributed by atoms with Gasteiger partial charge < -0.3 is 10.4 Å². The number of aliphatic hydroxyl groups is 1.